The Morgan fingerprint density at radius 1 is 1.15 bits per heavy atom. The largest absolute Gasteiger partial charge is 0.481 e. The minimum atomic E-state index is -4.60. The van der Waals surface area contributed by atoms with Gasteiger partial charge in [0.15, 0.2) is 0 Å². The summed E-state index contributed by atoms with van der Waals surface area (Å²) in [6, 6.07) is 7.96. The van der Waals surface area contributed by atoms with Gasteiger partial charge in [0.25, 0.3) is 0 Å². The van der Waals surface area contributed by atoms with E-state index in [0.29, 0.717) is 5.56 Å². The number of halogens is 4. The fourth-order valence-corrected chi connectivity index (χ4v) is 3.24. The summed E-state index contributed by atoms with van der Waals surface area (Å²) in [5.74, 6) is -5.50. The zero-order valence-electron chi connectivity index (χ0n) is 13.6. The van der Waals surface area contributed by atoms with Gasteiger partial charge in [-0.15, -0.1) is 0 Å². The van der Waals surface area contributed by atoms with E-state index in [0.717, 1.165) is 5.56 Å². The summed E-state index contributed by atoms with van der Waals surface area (Å²) in [6.07, 6.45) is -1.44. The second kappa shape index (κ2) is 7.03. The average Bonchev–Trinajstić information content (AvgIpc) is 3.02. The smallest absolute Gasteiger partial charge is 0.393 e. The van der Waals surface area contributed by atoms with Gasteiger partial charge in [0.05, 0.1) is 11.8 Å². The molecular formula is C18H16F4N2O2. The lowest BCUT2D eigenvalue weighted by Gasteiger charge is -2.18. The van der Waals surface area contributed by atoms with Crippen LogP contribution < -0.4 is 0 Å². The molecule has 2 atom stereocenters. The Morgan fingerprint density at radius 2 is 1.85 bits per heavy atom. The van der Waals surface area contributed by atoms with Gasteiger partial charge in [0.1, 0.15) is 5.82 Å². The van der Waals surface area contributed by atoms with Gasteiger partial charge in [0.2, 0.25) is 0 Å². The van der Waals surface area contributed by atoms with Gasteiger partial charge in [-0.2, -0.15) is 13.2 Å². The average molecular weight is 368 g/mol. The molecule has 1 aliphatic heterocycles. The maximum atomic E-state index is 14.4. The molecule has 138 valence electrons. The Labute approximate surface area is 147 Å². The van der Waals surface area contributed by atoms with E-state index in [9.17, 15) is 22.4 Å². The van der Waals surface area contributed by atoms with E-state index in [1.165, 1.54) is 17.0 Å². The molecule has 0 unspecified atom stereocenters. The van der Waals surface area contributed by atoms with E-state index in [2.05, 4.69) is 4.98 Å². The molecule has 1 aromatic heterocycles. The van der Waals surface area contributed by atoms with Crippen LogP contribution in [0.5, 0.6) is 0 Å². The molecule has 3 rings (SSSR count). The molecule has 8 heteroatoms. The van der Waals surface area contributed by atoms with Crippen LogP contribution in [0.15, 0.2) is 42.7 Å². The van der Waals surface area contributed by atoms with E-state index < -0.39 is 36.3 Å². The van der Waals surface area contributed by atoms with Crippen molar-refractivity contribution in [3.05, 3.63) is 54.1 Å². The minimum Gasteiger partial charge on any atom is -0.481 e. The van der Waals surface area contributed by atoms with Crippen LogP contribution in [0, 0.1) is 17.7 Å². The molecule has 1 aromatic carbocycles. The topological polar surface area (TPSA) is 53.4 Å². The number of carboxylic acid groups (broad SMARTS) is 1. The molecule has 2 aromatic rings. The zero-order chi connectivity index (χ0) is 18.9. The van der Waals surface area contributed by atoms with Crippen molar-refractivity contribution >= 4 is 5.97 Å². The Hall–Kier alpha value is -2.48. The van der Waals surface area contributed by atoms with Gasteiger partial charge in [-0.05, 0) is 29.3 Å². The van der Waals surface area contributed by atoms with E-state index >= 15 is 0 Å². The zero-order valence-corrected chi connectivity index (χ0v) is 13.6. The van der Waals surface area contributed by atoms with Gasteiger partial charge < -0.3 is 5.11 Å². The first-order valence-corrected chi connectivity index (χ1v) is 7.96. The summed E-state index contributed by atoms with van der Waals surface area (Å²) >= 11 is 0. The molecule has 4 nitrogen and oxygen atoms in total. The molecule has 1 aliphatic rings. The molecule has 0 amide bonds. The number of aliphatic carboxylic acids is 1. The Kier molecular flexibility index (Phi) is 4.95. The van der Waals surface area contributed by atoms with Crippen molar-refractivity contribution in [2.75, 3.05) is 13.1 Å². The number of alkyl halides is 3. The SMILES string of the molecule is O=C(O)[C@@H]1CN(Cc2ccc(-c3ccncc3)cc2F)C[C@H]1C(F)(F)F. The van der Waals surface area contributed by atoms with E-state index in [1.54, 1.807) is 30.6 Å². The second-order valence-corrected chi connectivity index (χ2v) is 6.33. The lowest BCUT2D eigenvalue weighted by molar-refractivity contribution is -0.188. The molecule has 1 fully saturated rings. The number of pyridine rings is 1. The molecule has 1 saturated heterocycles. The molecule has 0 saturated carbocycles. The molecule has 26 heavy (non-hydrogen) atoms. The van der Waals surface area contributed by atoms with Crippen molar-refractivity contribution in [2.45, 2.75) is 12.7 Å². The molecule has 2 heterocycles. The Bertz CT molecular complexity index is 796. The quantitative estimate of drug-likeness (QED) is 0.839. The Morgan fingerprint density at radius 3 is 2.38 bits per heavy atom. The second-order valence-electron chi connectivity index (χ2n) is 6.33. The maximum absolute atomic E-state index is 14.4. The van der Waals surface area contributed by atoms with E-state index in [-0.39, 0.29) is 18.7 Å². The summed E-state index contributed by atoms with van der Waals surface area (Å²) in [5.41, 5.74) is 1.64. The standard InChI is InChI=1S/C18H16F4N2O2/c19-16-7-12(11-3-5-23-6-4-11)1-2-13(16)8-24-9-14(17(25)26)15(10-24)18(20,21)22/h1-7,14-15H,8-10H2,(H,25,26)/t14-,15-/m1/s1. The minimum absolute atomic E-state index is 0.0706. The summed E-state index contributed by atoms with van der Waals surface area (Å²) in [7, 11) is 0. The van der Waals surface area contributed by atoms with Gasteiger partial charge in [0, 0.05) is 37.6 Å². The number of carbonyl (C=O) groups is 1. The van der Waals surface area contributed by atoms with E-state index in [1.807, 2.05) is 0 Å². The fraction of sp³-hybridized carbons (Fsp3) is 0.333. The highest BCUT2D eigenvalue weighted by Gasteiger charge is 2.52. The number of hydrogen-bond donors (Lipinski definition) is 1. The number of benzene rings is 1. The molecule has 0 aliphatic carbocycles. The molecule has 0 spiro atoms. The first-order chi connectivity index (χ1) is 12.3. The molecule has 1 N–H and O–H groups in total. The number of nitrogens with zero attached hydrogens (tertiary/aromatic N) is 2. The molecule has 0 bridgehead atoms. The van der Waals surface area contributed by atoms with Crippen molar-refractivity contribution in [1.82, 2.24) is 9.88 Å². The normalized spacial score (nSPS) is 21.1. The summed E-state index contributed by atoms with van der Waals surface area (Å²) < 4.78 is 53.5. The third kappa shape index (κ3) is 3.85. The van der Waals surface area contributed by atoms with Crippen molar-refractivity contribution in [2.24, 2.45) is 11.8 Å². The van der Waals surface area contributed by atoms with Crippen LogP contribution in [0.3, 0.4) is 0 Å². The van der Waals surface area contributed by atoms with Crippen LogP contribution in [0.4, 0.5) is 17.6 Å². The van der Waals surface area contributed by atoms with Crippen molar-refractivity contribution in [1.29, 1.82) is 0 Å². The van der Waals surface area contributed by atoms with Gasteiger partial charge in [-0.3, -0.25) is 14.7 Å². The number of rotatable bonds is 4. The van der Waals surface area contributed by atoms with Crippen LogP contribution in [0.2, 0.25) is 0 Å². The molecular weight excluding hydrogens is 352 g/mol. The van der Waals surface area contributed by atoms with E-state index in [4.69, 9.17) is 5.11 Å². The van der Waals surface area contributed by atoms with Crippen LogP contribution in [0.25, 0.3) is 11.1 Å². The Balaban J connectivity index is 1.76. The van der Waals surface area contributed by atoms with Crippen molar-refractivity contribution in [3.63, 3.8) is 0 Å². The lowest BCUT2D eigenvalue weighted by atomic mass is 9.96. The number of hydrogen-bond acceptors (Lipinski definition) is 3. The number of carboxylic acids is 1. The first-order valence-electron chi connectivity index (χ1n) is 7.96. The summed E-state index contributed by atoms with van der Waals surface area (Å²) in [5, 5.41) is 9.04. The highest BCUT2D eigenvalue weighted by Crippen LogP contribution is 2.38. The van der Waals surface area contributed by atoms with Crippen LogP contribution in [-0.4, -0.2) is 40.2 Å². The third-order valence-electron chi connectivity index (χ3n) is 4.59. The van der Waals surface area contributed by atoms with Gasteiger partial charge in [-0.1, -0.05) is 12.1 Å². The maximum Gasteiger partial charge on any atom is 0.393 e. The van der Waals surface area contributed by atoms with Crippen molar-refractivity contribution in [3.8, 4) is 11.1 Å². The lowest BCUT2D eigenvalue weighted by Crippen LogP contribution is -2.33. The monoisotopic (exact) mass is 368 g/mol. The predicted molar refractivity (Wildman–Crippen MR) is 85.6 cm³/mol. The van der Waals surface area contributed by atoms with Gasteiger partial charge in [-0.25, -0.2) is 4.39 Å². The molecule has 0 radical (unpaired) electrons. The van der Waals surface area contributed by atoms with Crippen LogP contribution >= 0.6 is 0 Å². The van der Waals surface area contributed by atoms with Crippen molar-refractivity contribution < 1.29 is 27.5 Å². The van der Waals surface area contributed by atoms with Gasteiger partial charge >= 0.3 is 12.1 Å². The fourth-order valence-electron chi connectivity index (χ4n) is 3.24. The number of aromatic nitrogens is 1. The van der Waals surface area contributed by atoms with Crippen LogP contribution in [-0.2, 0) is 11.3 Å². The summed E-state index contributed by atoms with van der Waals surface area (Å²) in [4.78, 5) is 16.3. The highest BCUT2D eigenvalue weighted by atomic mass is 19.4. The number of likely N-dealkylation sites (tertiary alicyclic amines) is 1. The first kappa shape index (κ1) is 18.3. The van der Waals surface area contributed by atoms with Crippen LogP contribution in [0.1, 0.15) is 5.56 Å². The third-order valence-corrected chi connectivity index (χ3v) is 4.59. The summed E-state index contributed by atoms with van der Waals surface area (Å²) in [6.45, 7) is -0.782. The highest BCUT2D eigenvalue weighted by molar-refractivity contribution is 5.71. The predicted octanol–water partition coefficient (Wildman–Crippen LogP) is 3.58.